The van der Waals surface area contributed by atoms with Crippen LogP contribution < -0.4 is 5.32 Å². The van der Waals surface area contributed by atoms with E-state index in [4.69, 9.17) is 0 Å². The molecule has 0 aliphatic heterocycles. The molecular weight excluding hydrogens is 330 g/mol. The second kappa shape index (κ2) is 5.31. The molecule has 2 aromatic heterocycles. The maximum absolute atomic E-state index is 12.1. The summed E-state index contributed by atoms with van der Waals surface area (Å²) in [5.41, 5.74) is 0. The lowest BCUT2D eigenvalue weighted by molar-refractivity contribution is 0.0952. The highest BCUT2D eigenvalue weighted by Gasteiger charge is 2.25. The molecule has 1 aliphatic rings. The van der Waals surface area contributed by atoms with Crippen molar-refractivity contribution in [2.24, 2.45) is 5.92 Å². The Bertz CT molecular complexity index is 534. The van der Waals surface area contributed by atoms with Gasteiger partial charge in [0.2, 0.25) is 0 Å². The molecule has 96 valence electrons. The first-order valence-corrected chi connectivity index (χ1v) is 8.74. The van der Waals surface area contributed by atoms with E-state index < -0.39 is 0 Å². The summed E-state index contributed by atoms with van der Waals surface area (Å²) in [6.07, 6.45) is 3.72. The van der Waals surface area contributed by atoms with E-state index in [1.54, 1.807) is 22.7 Å². The molecule has 0 aromatic carbocycles. The van der Waals surface area contributed by atoms with Gasteiger partial charge in [0.1, 0.15) is 0 Å². The largest absolute Gasteiger partial charge is 0.351 e. The highest BCUT2D eigenvalue weighted by molar-refractivity contribution is 9.09. The number of fused-ring (bicyclic) bond motifs is 1. The summed E-state index contributed by atoms with van der Waals surface area (Å²) in [4.78, 5) is 13.5. The zero-order chi connectivity index (χ0) is 12.5. The van der Waals surface area contributed by atoms with Gasteiger partial charge in [-0.1, -0.05) is 22.4 Å². The van der Waals surface area contributed by atoms with E-state index >= 15 is 0 Å². The quantitative estimate of drug-likeness (QED) is 0.829. The van der Waals surface area contributed by atoms with E-state index in [1.165, 1.54) is 28.7 Å². The molecule has 2 aromatic rings. The summed E-state index contributed by atoms with van der Waals surface area (Å²) < 4.78 is 2.42. The molecule has 2 heterocycles. The van der Waals surface area contributed by atoms with Gasteiger partial charge in [0, 0.05) is 20.8 Å². The fourth-order valence-electron chi connectivity index (χ4n) is 2.41. The number of carbonyl (C=O) groups is 1. The minimum atomic E-state index is 0.0787. The van der Waals surface area contributed by atoms with Crippen molar-refractivity contribution >= 4 is 53.9 Å². The Labute approximate surface area is 123 Å². The Morgan fingerprint density at radius 3 is 3.06 bits per heavy atom. The highest BCUT2D eigenvalue weighted by atomic mass is 79.9. The zero-order valence-electron chi connectivity index (χ0n) is 9.82. The van der Waals surface area contributed by atoms with Crippen molar-refractivity contribution in [3.05, 3.63) is 22.4 Å². The van der Waals surface area contributed by atoms with Crippen LogP contribution in [0.3, 0.4) is 0 Å². The van der Waals surface area contributed by atoms with Gasteiger partial charge in [0.05, 0.1) is 4.88 Å². The van der Waals surface area contributed by atoms with Crippen LogP contribution in [0, 0.1) is 5.92 Å². The third-order valence-electron chi connectivity index (χ3n) is 3.45. The van der Waals surface area contributed by atoms with Crippen LogP contribution in [0.5, 0.6) is 0 Å². The monoisotopic (exact) mass is 343 g/mol. The van der Waals surface area contributed by atoms with Crippen molar-refractivity contribution in [2.75, 3.05) is 6.54 Å². The molecule has 2 atom stereocenters. The van der Waals surface area contributed by atoms with Crippen LogP contribution in [0.1, 0.15) is 28.9 Å². The van der Waals surface area contributed by atoms with Crippen molar-refractivity contribution in [1.29, 1.82) is 0 Å². The molecule has 2 nitrogen and oxygen atoms in total. The number of thiophene rings is 2. The fraction of sp³-hybridized carbons (Fsp3) is 0.462. The summed E-state index contributed by atoms with van der Waals surface area (Å²) in [6.45, 7) is 0.792. The smallest absolute Gasteiger partial charge is 0.261 e. The number of hydrogen-bond acceptors (Lipinski definition) is 3. The SMILES string of the molecule is O=C(NCC1CCCC1Br)c1cc2sccc2s1. The second-order valence-corrected chi connectivity index (χ2v) is 7.88. The summed E-state index contributed by atoms with van der Waals surface area (Å²) in [5, 5.41) is 5.13. The first-order valence-electron chi connectivity index (χ1n) is 6.13. The normalized spacial score (nSPS) is 23.6. The van der Waals surface area contributed by atoms with Gasteiger partial charge in [-0.25, -0.2) is 0 Å². The molecule has 1 amide bonds. The number of nitrogens with one attached hydrogen (secondary N) is 1. The second-order valence-electron chi connectivity index (χ2n) is 4.68. The van der Waals surface area contributed by atoms with Crippen LogP contribution in [0.25, 0.3) is 9.40 Å². The molecule has 18 heavy (non-hydrogen) atoms. The summed E-state index contributed by atoms with van der Waals surface area (Å²) >= 11 is 6.96. The van der Waals surface area contributed by atoms with E-state index in [1.807, 2.05) is 6.07 Å². The van der Waals surface area contributed by atoms with E-state index in [9.17, 15) is 4.79 Å². The van der Waals surface area contributed by atoms with Gasteiger partial charge in [-0.15, -0.1) is 22.7 Å². The molecule has 0 saturated heterocycles. The van der Waals surface area contributed by atoms with Crippen molar-refractivity contribution in [2.45, 2.75) is 24.1 Å². The number of rotatable bonds is 3. The van der Waals surface area contributed by atoms with Crippen molar-refractivity contribution < 1.29 is 4.79 Å². The van der Waals surface area contributed by atoms with Crippen molar-refractivity contribution in [3.8, 4) is 0 Å². The topological polar surface area (TPSA) is 29.1 Å². The van der Waals surface area contributed by atoms with Crippen LogP contribution in [0.2, 0.25) is 0 Å². The number of hydrogen-bond donors (Lipinski definition) is 1. The van der Waals surface area contributed by atoms with Gasteiger partial charge < -0.3 is 5.32 Å². The summed E-state index contributed by atoms with van der Waals surface area (Å²) in [7, 11) is 0. The zero-order valence-corrected chi connectivity index (χ0v) is 13.0. The van der Waals surface area contributed by atoms with Gasteiger partial charge in [-0.05, 0) is 36.3 Å². The number of carbonyl (C=O) groups excluding carboxylic acids is 1. The van der Waals surface area contributed by atoms with Crippen molar-refractivity contribution in [3.63, 3.8) is 0 Å². The maximum Gasteiger partial charge on any atom is 0.261 e. The average molecular weight is 344 g/mol. The molecular formula is C13H14BrNOS2. The van der Waals surface area contributed by atoms with Gasteiger partial charge in [0.25, 0.3) is 5.91 Å². The number of amides is 1. The standard InChI is InChI=1S/C13H14BrNOS2/c14-9-3-1-2-8(9)7-15-13(16)12-6-11-10(18-12)4-5-17-11/h4-6,8-9H,1-3,7H2,(H,15,16). The minimum Gasteiger partial charge on any atom is -0.351 e. The van der Waals surface area contributed by atoms with Gasteiger partial charge in [0.15, 0.2) is 0 Å². The highest BCUT2D eigenvalue weighted by Crippen LogP contribution is 2.32. The van der Waals surface area contributed by atoms with E-state index in [-0.39, 0.29) is 5.91 Å². The lowest BCUT2D eigenvalue weighted by Crippen LogP contribution is -2.30. The molecule has 1 aliphatic carbocycles. The molecule has 0 spiro atoms. The Hall–Kier alpha value is -0.390. The maximum atomic E-state index is 12.1. The molecule has 3 rings (SSSR count). The Morgan fingerprint density at radius 2 is 2.33 bits per heavy atom. The van der Waals surface area contributed by atoms with Crippen LogP contribution in [0.15, 0.2) is 17.5 Å². The molecule has 1 saturated carbocycles. The Morgan fingerprint density at radius 1 is 1.44 bits per heavy atom. The summed E-state index contributed by atoms with van der Waals surface area (Å²) in [5.74, 6) is 0.671. The molecule has 0 radical (unpaired) electrons. The Kier molecular flexibility index (Phi) is 3.73. The first kappa shape index (κ1) is 12.6. The predicted octanol–water partition coefficient (Wildman–Crippen LogP) is 4.26. The minimum absolute atomic E-state index is 0.0787. The van der Waals surface area contributed by atoms with Gasteiger partial charge in [-0.3, -0.25) is 4.79 Å². The molecule has 1 fully saturated rings. The van der Waals surface area contributed by atoms with Crippen LogP contribution in [-0.4, -0.2) is 17.3 Å². The average Bonchev–Trinajstić information content (AvgIpc) is 3.00. The molecule has 5 heteroatoms. The molecule has 0 bridgehead atoms. The molecule has 2 unspecified atom stereocenters. The first-order chi connectivity index (χ1) is 8.74. The van der Waals surface area contributed by atoms with E-state index in [0.717, 1.165) is 11.4 Å². The fourth-order valence-corrected chi connectivity index (χ4v) is 5.21. The van der Waals surface area contributed by atoms with Gasteiger partial charge >= 0.3 is 0 Å². The van der Waals surface area contributed by atoms with E-state index in [0.29, 0.717) is 10.7 Å². The van der Waals surface area contributed by atoms with E-state index in [2.05, 4.69) is 32.7 Å². The van der Waals surface area contributed by atoms with Crippen LogP contribution in [0.4, 0.5) is 0 Å². The lowest BCUT2D eigenvalue weighted by Gasteiger charge is -2.14. The lowest BCUT2D eigenvalue weighted by atomic mass is 10.1. The van der Waals surface area contributed by atoms with Gasteiger partial charge in [-0.2, -0.15) is 0 Å². The van der Waals surface area contributed by atoms with Crippen LogP contribution in [-0.2, 0) is 0 Å². The Balaban J connectivity index is 1.62. The van der Waals surface area contributed by atoms with Crippen molar-refractivity contribution in [1.82, 2.24) is 5.32 Å². The third kappa shape index (κ3) is 2.49. The number of halogens is 1. The number of alkyl halides is 1. The summed E-state index contributed by atoms with van der Waals surface area (Å²) in [6, 6.07) is 4.08. The predicted molar refractivity (Wildman–Crippen MR) is 82.1 cm³/mol. The molecule has 1 N–H and O–H groups in total. The third-order valence-corrected chi connectivity index (χ3v) is 6.75. The van der Waals surface area contributed by atoms with Crippen LogP contribution >= 0.6 is 38.6 Å².